The Morgan fingerprint density at radius 3 is 3.00 bits per heavy atom. The number of hydrogen-bond acceptors (Lipinski definition) is 2. The van der Waals surface area contributed by atoms with Gasteiger partial charge in [0.1, 0.15) is 0 Å². The first kappa shape index (κ1) is 10.3. The largest absolute Gasteiger partial charge is 0.314 e. The fraction of sp³-hybridized carbons (Fsp3) is 0.571. The Labute approximate surface area is 97.4 Å². The number of rotatable bonds is 4. The van der Waals surface area contributed by atoms with Gasteiger partial charge in [0.05, 0.1) is 0 Å². The van der Waals surface area contributed by atoms with Gasteiger partial charge in [0.15, 0.2) is 0 Å². The van der Waals surface area contributed by atoms with Crippen molar-refractivity contribution in [3.05, 3.63) is 35.4 Å². The molecule has 1 aromatic carbocycles. The van der Waals surface area contributed by atoms with Crippen molar-refractivity contribution in [2.75, 3.05) is 13.1 Å². The molecule has 86 valence electrons. The van der Waals surface area contributed by atoms with E-state index in [4.69, 9.17) is 0 Å². The second kappa shape index (κ2) is 4.56. The highest BCUT2D eigenvalue weighted by molar-refractivity contribution is 5.32. The summed E-state index contributed by atoms with van der Waals surface area (Å²) in [4.78, 5) is 0. The summed E-state index contributed by atoms with van der Waals surface area (Å²) >= 11 is 0. The Kier molecular flexibility index (Phi) is 2.94. The van der Waals surface area contributed by atoms with Crippen LogP contribution in [0.2, 0.25) is 0 Å². The van der Waals surface area contributed by atoms with Crippen LogP contribution in [0.1, 0.15) is 36.3 Å². The lowest BCUT2D eigenvalue weighted by Crippen LogP contribution is -2.30. The Balaban J connectivity index is 1.62. The Morgan fingerprint density at radius 2 is 2.12 bits per heavy atom. The predicted octanol–water partition coefficient (Wildman–Crippen LogP) is 2.02. The van der Waals surface area contributed by atoms with Crippen LogP contribution in [0.25, 0.3) is 0 Å². The van der Waals surface area contributed by atoms with E-state index in [1.54, 1.807) is 5.56 Å². The second-order valence-corrected chi connectivity index (χ2v) is 5.04. The molecule has 3 rings (SSSR count). The average Bonchev–Trinajstić information content (AvgIpc) is 3.13. The SMILES string of the molecule is c1ccc2c(c1)CNCC2CCNC1CC1. The lowest BCUT2D eigenvalue weighted by Gasteiger charge is -2.26. The molecule has 0 radical (unpaired) electrons. The summed E-state index contributed by atoms with van der Waals surface area (Å²) < 4.78 is 0. The first-order valence-corrected chi connectivity index (χ1v) is 6.45. The van der Waals surface area contributed by atoms with Gasteiger partial charge < -0.3 is 10.6 Å². The topological polar surface area (TPSA) is 24.1 Å². The summed E-state index contributed by atoms with van der Waals surface area (Å²) in [6, 6.07) is 9.71. The number of benzene rings is 1. The maximum absolute atomic E-state index is 3.61. The lowest BCUT2D eigenvalue weighted by molar-refractivity contribution is 0.494. The Hall–Kier alpha value is -0.860. The molecule has 0 bridgehead atoms. The molecule has 0 aromatic heterocycles. The molecule has 1 heterocycles. The number of fused-ring (bicyclic) bond motifs is 1. The highest BCUT2D eigenvalue weighted by Crippen LogP contribution is 2.26. The van der Waals surface area contributed by atoms with E-state index in [1.165, 1.54) is 31.4 Å². The second-order valence-electron chi connectivity index (χ2n) is 5.04. The zero-order valence-electron chi connectivity index (χ0n) is 9.71. The van der Waals surface area contributed by atoms with Gasteiger partial charge in [-0.2, -0.15) is 0 Å². The van der Waals surface area contributed by atoms with E-state index < -0.39 is 0 Å². The molecule has 2 heteroatoms. The summed E-state index contributed by atoms with van der Waals surface area (Å²) in [5.74, 6) is 0.705. The summed E-state index contributed by atoms with van der Waals surface area (Å²) in [5, 5.41) is 7.12. The monoisotopic (exact) mass is 216 g/mol. The number of nitrogens with one attached hydrogen (secondary N) is 2. The Bertz CT molecular complexity index is 358. The number of hydrogen-bond donors (Lipinski definition) is 2. The van der Waals surface area contributed by atoms with Crippen molar-refractivity contribution in [3.8, 4) is 0 Å². The van der Waals surface area contributed by atoms with Gasteiger partial charge in [0, 0.05) is 19.1 Å². The zero-order chi connectivity index (χ0) is 10.8. The molecule has 0 amide bonds. The van der Waals surface area contributed by atoms with E-state index in [0.29, 0.717) is 5.92 Å². The first-order chi connectivity index (χ1) is 7.93. The van der Waals surface area contributed by atoms with Crippen molar-refractivity contribution in [3.63, 3.8) is 0 Å². The van der Waals surface area contributed by atoms with Crippen LogP contribution in [0, 0.1) is 0 Å². The minimum Gasteiger partial charge on any atom is -0.314 e. The molecule has 2 aliphatic rings. The van der Waals surface area contributed by atoms with E-state index in [9.17, 15) is 0 Å². The highest BCUT2D eigenvalue weighted by Gasteiger charge is 2.22. The molecule has 2 N–H and O–H groups in total. The van der Waals surface area contributed by atoms with Gasteiger partial charge in [-0.1, -0.05) is 24.3 Å². The van der Waals surface area contributed by atoms with Crippen molar-refractivity contribution in [1.29, 1.82) is 0 Å². The summed E-state index contributed by atoms with van der Waals surface area (Å²) in [7, 11) is 0. The standard InChI is InChI=1S/C14H20N2/c1-2-4-14-11(3-1)9-15-10-12(14)7-8-16-13-5-6-13/h1-4,12-13,15-16H,5-10H2. The molecular weight excluding hydrogens is 196 g/mol. The molecular formula is C14H20N2. The van der Waals surface area contributed by atoms with Crippen LogP contribution in [0.3, 0.4) is 0 Å². The van der Waals surface area contributed by atoms with Crippen LogP contribution in [-0.4, -0.2) is 19.1 Å². The van der Waals surface area contributed by atoms with Crippen LogP contribution >= 0.6 is 0 Å². The maximum Gasteiger partial charge on any atom is 0.0208 e. The fourth-order valence-corrected chi connectivity index (χ4v) is 2.59. The molecule has 1 fully saturated rings. The molecule has 1 atom stereocenters. The third-order valence-corrected chi connectivity index (χ3v) is 3.70. The maximum atomic E-state index is 3.61. The zero-order valence-corrected chi connectivity index (χ0v) is 9.71. The minimum atomic E-state index is 0.705. The van der Waals surface area contributed by atoms with E-state index in [2.05, 4.69) is 34.9 Å². The summed E-state index contributed by atoms with van der Waals surface area (Å²) in [6.07, 6.45) is 4.04. The van der Waals surface area contributed by atoms with Gasteiger partial charge in [-0.05, 0) is 42.9 Å². The molecule has 16 heavy (non-hydrogen) atoms. The van der Waals surface area contributed by atoms with Gasteiger partial charge in [0.25, 0.3) is 0 Å². The van der Waals surface area contributed by atoms with Crippen molar-refractivity contribution >= 4 is 0 Å². The van der Waals surface area contributed by atoms with Crippen LogP contribution in [0.5, 0.6) is 0 Å². The van der Waals surface area contributed by atoms with Crippen LogP contribution < -0.4 is 10.6 Å². The van der Waals surface area contributed by atoms with E-state index in [-0.39, 0.29) is 0 Å². The first-order valence-electron chi connectivity index (χ1n) is 6.45. The summed E-state index contributed by atoms with van der Waals surface area (Å²) in [5.41, 5.74) is 3.06. The van der Waals surface area contributed by atoms with Gasteiger partial charge in [0.2, 0.25) is 0 Å². The highest BCUT2D eigenvalue weighted by atomic mass is 14.9. The molecule has 2 nitrogen and oxygen atoms in total. The van der Waals surface area contributed by atoms with Crippen molar-refractivity contribution in [2.24, 2.45) is 0 Å². The molecule has 0 saturated heterocycles. The van der Waals surface area contributed by atoms with E-state index >= 15 is 0 Å². The molecule has 1 aromatic rings. The quantitative estimate of drug-likeness (QED) is 0.804. The Morgan fingerprint density at radius 1 is 1.25 bits per heavy atom. The van der Waals surface area contributed by atoms with Crippen LogP contribution in [0.15, 0.2) is 24.3 Å². The van der Waals surface area contributed by atoms with Gasteiger partial charge in [-0.15, -0.1) is 0 Å². The molecule has 0 spiro atoms. The van der Waals surface area contributed by atoms with Crippen molar-refractivity contribution in [1.82, 2.24) is 10.6 Å². The third kappa shape index (κ3) is 2.28. The van der Waals surface area contributed by atoms with E-state index in [0.717, 1.165) is 19.1 Å². The fourth-order valence-electron chi connectivity index (χ4n) is 2.59. The smallest absolute Gasteiger partial charge is 0.0208 e. The molecule has 1 unspecified atom stereocenters. The van der Waals surface area contributed by atoms with Crippen LogP contribution in [0.4, 0.5) is 0 Å². The minimum absolute atomic E-state index is 0.705. The van der Waals surface area contributed by atoms with E-state index in [1.807, 2.05) is 0 Å². The normalized spacial score (nSPS) is 24.1. The molecule has 1 saturated carbocycles. The average molecular weight is 216 g/mol. The molecule has 1 aliphatic carbocycles. The summed E-state index contributed by atoms with van der Waals surface area (Å²) in [6.45, 7) is 3.36. The van der Waals surface area contributed by atoms with Gasteiger partial charge in [-0.3, -0.25) is 0 Å². The van der Waals surface area contributed by atoms with Crippen molar-refractivity contribution < 1.29 is 0 Å². The van der Waals surface area contributed by atoms with Crippen LogP contribution in [-0.2, 0) is 6.54 Å². The lowest BCUT2D eigenvalue weighted by atomic mass is 9.88. The van der Waals surface area contributed by atoms with Crippen molar-refractivity contribution in [2.45, 2.75) is 37.8 Å². The van der Waals surface area contributed by atoms with Gasteiger partial charge >= 0.3 is 0 Å². The van der Waals surface area contributed by atoms with Gasteiger partial charge in [-0.25, -0.2) is 0 Å². The third-order valence-electron chi connectivity index (χ3n) is 3.70. The predicted molar refractivity (Wildman–Crippen MR) is 66.5 cm³/mol. The molecule has 1 aliphatic heterocycles.